The number of ether oxygens (including phenoxy) is 2. The van der Waals surface area contributed by atoms with Gasteiger partial charge in [0.15, 0.2) is 16.7 Å². The summed E-state index contributed by atoms with van der Waals surface area (Å²) in [7, 11) is 0. The van der Waals surface area contributed by atoms with Crippen LogP contribution in [-0.2, 0) is 0 Å². The van der Waals surface area contributed by atoms with Gasteiger partial charge in [-0.25, -0.2) is 0 Å². The quantitative estimate of drug-likeness (QED) is 0.795. The maximum Gasteiger partial charge on any atom is 0.168 e. The molecular weight excluding hydrogens is 296 g/mol. The van der Waals surface area contributed by atoms with E-state index in [0.717, 1.165) is 11.5 Å². The van der Waals surface area contributed by atoms with E-state index in [1.165, 1.54) is 42.1 Å². The van der Waals surface area contributed by atoms with E-state index >= 15 is 0 Å². The monoisotopic (exact) mass is 314 g/mol. The predicted molar refractivity (Wildman–Crippen MR) is 88.3 cm³/mol. The highest BCUT2D eigenvalue weighted by Crippen LogP contribution is 2.45. The number of thioether (sulfide) groups is 1. The topological polar surface area (TPSA) is 34.1 Å². The van der Waals surface area contributed by atoms with Crippen molar-refractivity contribution in [3.8, 4) is 11.5 Å². The number of benzene rings is 1. The Balaban J connectivity index is 1.49. The van der Waals surface area contributed by atoms with Crippen LogP contribution in [0.4, 0.5) is 0 Å². The molecular formula is C17H18N2O2S. The molecule has 3 heterocycles. The van der Waals surface area contributed by atoms with Gasteiger partial charge < -0.3 is 14.4 Å². The molecule has 0 saturated heterocycles. The van der Waals surface area contributed by atoms with Crippen molar-refractivity contribution in [2.75, 3.05) is 13.2 Å². The lowest BCUT2D eigenvalue weighted by molar-refractivity contribution is 0.171. The van der Waals surface area contributed by atoms with E-state index in [2.05, 4.69) is 22.4 Å². The highest BCUT2D eigenvalue weighted by Gasteiger charge is 2.42. The van der Waals surface area contributed by atoms with E-state index < -0.39 is 0 Å². The molecule has 5 heteroatoms. The van der Waals surface area contributed by atoms with Crippen LogP contribution in [0.25, 0.3) is 5.70 Å². The molecule has 0 aromatic heterocycles. The Hall–Kier alpha value is -1.62. The Morgan fingerprint density at radius 1 is 1.09 bits per heavy atom. The fourth-order valence-corrected chi connectivity index (χ4v) is 4.84. The van der Waals surface area contributed by atoms with Crippen molar-refractivity contribution in [1.29, 1.82) is 0 Å². The maximum absolute atomic E-state index is 5.73. The second kappa shape index (κ2) is 4.95. The molecule has 4 aliphatic rings. The van der Waals surface area contributed by atoms with Gasteiger partial charge in [0.25, 0.3) is 0 Å². The van der Waals surface area contributed by atoms with E-state index in [-0.39, 0.29) is 0 Å². The van der Waals surface area contributed by atoms with E-state index in [9.17, 15) is 0 Å². The van der Waals surface area contributed by atoms with Crippen molar-refractivity contribution >= 4 is 22.6 Å². The molecule has 1 aromatic carbocycles. The summed E-state index contributed by atoms with van der Waals surface area (Å²) in [6.45, 7) is 1.27. The first-order valence-electron chi connectivity index (χ1n) is 8.04. The first-order chi connectivity index (χ1) is 10.9. The molecule has 0 radical (unpaired) electrons. The van der Waals surface area contributed by atoms with Gasteiger partial charge >= 0.3 is 0 Å². The van der Waals surface area contributed by atoms with Crippen LogP contribution >= 0.6 is 11.8 Å². The summed E-state index contributed by atoms with van der Waals surface area (Å²) in [5.41, 5.74) is 2.48. The molecule has 0 bridgehead atoms. The smallest absolute Gasteiger partial charge is 0.168 e. The average Bonchev–Trinajstić information content (AvgIpc) is 3.13. The van der Waals surface area contributed by atoms with Crippen LogP contribution in [0, 0.1) is 0 Å². The summed E-state index contributed by atoms with van der Waals surface area (Å²) in [5, 5.41) is 3.41. The van der Waals surface area contributed by atoms with Crippen molar-refractivity contribution in [1.82, 2.24) is 4.90 Å². The van der Waals surface area contributed by atoms with Crippen LogP contribution in [0.3, 0.4) is 0 Å². The van der Waals surface area contributed by atoms with Gasteiger partial charge in [0.2, 0.25) is 0 Å². The summed E-state index contributed by atoms with van der Waals surface area (Å²) >= 11 is 1.76. The van der Waals surface area contributed by atoms with Crippen LogP contribution < -0.4 is 9.47 Å². The highest BCUT2D eigenvalue weighted by atomic mass is 32.2. The molecule has 0 N–H and O–H groups in total. The number of aliphatic imine (C=N–C) groups is 1. The summed E-state index contributed by atoms with van der Waals surface area (Å²) in [4.78, 5) is 7.39. The van der Waals surface area contributed by atoms with Gasteiger partial charge in [0.1, 0.15) is 13.2 Å². The number of nitrogens with zero attached hydrogens (tertiary/aromatic N) is 2. The predicted octanol–water partition coefficient (Wildman–Crippen LogP) is 3.49. The van der Waals surface area contributed by atoms with Gasteiger partial charge in [-0.3, -0.25) is 4.99 Å². The SMILES string of the molecule is C1=C(c2ccc3c(c2)OCCO3)N2C(=N[C@H]3CCCC[C@H]32)S1. The van der Waals surface area contributed by atoms with Crippen molar-refractivity contribution < 1.29 is 9.47 Å². The van der Waals surface area contributed by atoms with Crippen molar-refractivity contribution in [2.45, 2.75) is 37.8 Å². The Morgan fingerprint density at radius 3 is 2.91 bits per heavy atom. The van der Waals surface area contributed by atoms with Gasteiger partial charge in [-0.15, -0.1) is 0 Å². The largest absolute Gasteiger partial charge is 0.486 e. The third-order valence-corrected chi connectivity index (χ3v) is 5.74. The van der Waals surface area contributed by atoms with Gasteiger partial charge in [0, 0.05) is 11.0 Å². The van der Waals surface area contributed by atoms with Crippen molar-refractivity contribution in [3.05, 3.63) is 29.2 Å². The highest BCUT2D eigenvalue weighted by molar-refractivity contribution is 8.16. The number of hydrogen-bond donors (Lipinski definition) is 0. The second-order valence-electron chi connectivity index (χ2n) is 6.18. The van der Waals surface area contributed by atoms with E-state index in [0.29, 0.717) is 25.3 Å². The lowest BCUT2D eigenvalue weighted by Crippen LogP contribution is -2.38. The average molecular weight is 314 g/mol. The molecule has 4 nitrogen and oxygen atoms in total. The third kappa shape index (κ3) is 1.88. The van der Waals surface area contributed by atoms with Crippen LogP contribution in [-0.4, -0.2) is 35.4 Å². The zero-order valence-electron chi connectivity index (χ0n) is 12.3. The summed E-state index contributed by atoms with van der Waals surface area (Å²) in [6, 6.07) is 7.33. The minimum Gasteiger partial charge on any atom is -0.486 e. The molecule has 1 fully saturated rings. The minimum atomic E-state index is 0.497. The van der Waals surface area contributed by atoms with Crippen molar-refractivity contribution in [3.63, 3.8) is 0 Å². The number of fused-ring (bicyclic) bond motifs is 4. The van der Waals surface area contributed by atoms with E-state index in [4.69, 9.17) is 14.5 Å². The van der Waals surface area contributed by atoms with Crippen LogP contribution in [0.5, 0.6) is 11.5 Å². The maximum atomic E-state index is 5.73. The lowest BCUT2D eigenvalue weighted by atomic mass is 9.90. The molecule has 114 valence electrons. The Bertz CT molecular complexity index is 685. The van der Waals surface area contributed by atoms with Crippen LogP contribution in [0.15, 0.2) is 28.6 Å². The van der Waals surface area contributed by atoms with Crippen LogP contribution in [0.1, 0.15) is 31.2 Å². The molecule has 2 atom stereocenters. The first kappa shape index (κ1) is 12.9. The number of rotatable bonds is 1. The molecule has 1 aliphatic carbocycles. The molecule has 1 aromatic rings. The molecule has 0 amide bonds. The molecule has 0 spiro atoms. The minimum absolute atomic E-state index is 0.497. The molecule has 22 heavy (non-hydrogen) atoms. The van der Waals surface area contributed by atoms with E-state index in [1.807, 2.05) is 6.07 Å². The number of amidine groups is 1. The number of hydrogen-bond acceptors (Lipinski definition) is 5. The zero-order valence-corrected chi connectivity index (χ0v) is 13.1. The summed E-state index contributed by atoms with van der Waals surface area (Å²) < 4.78 is 11.4. The fourth-order valence-electron chi connectivity index (χ4n) is 3.83. The normalized spacial score (nSPS) is 28.8. The Labute approximate surface area is 134 Å². The van der Waals surface area contributed by atoms with Gasteiger partial charge in [-0.2, -0.15) is 0 Å². The molecule has 1 saturated carbocycles. The van der Waals surface area contributed by atoms with Gasteiger partial charge in [-0.05, 0) is 31.0 Å². The van der Waals surface area contributed by atoms with Gasteiger partial charge in [0.05, 0.1) is 17.8 Å². The third-order valence-electron chi connectivity index (χ3n) is 4.88. The summed E-state index contributed by atoms with van der Waals surface area (Å²) in [6.07, 6.45) is 5.12. The standard InChI is InChI=1S/C17H18N2O2S/c1-2-4-13-12(3-1)18-17-19(13)14(10-22-17)11-5-6-15-16(9-11)21-8-7-20-15/h5-6,9-10,12-13H,1-4,7-8H2/t12-,13+/m0/s1. The first-order valence-corrected chi connectivity index (χ1v) is 8.92. The summed E-state index contributed by atoms with van der Waals surface area (Å²) in [5.74, 6) is 1.71. The molecule has 5 rings (SSSR count). The van der Waals surface area contributed by atoms with Crippen molar-refractivity contribution in [2.24, 2.45) is 4.99 Å². The second-order valence-corrected chi connectivity index (χ2v) is 7.02. The van der Waals surface area contributed by atoms with E-state index in [1.54, 1.807) is 11.8 Å². The van der Waals surface area contributed by atoms with Crippen LogP contribution in [0.2, 0.25) is 0 Å². The Morgan fingerprint density at radius 2 is 1.95 bits per heavy atom. The molecule has 3 aliphatic heterocycles. The zero-order chi connectivity index (χ0) is 14.5. The van der Waals surface area contributed by atoms with Gasteiger partial charge in [-0.1, -0.05) is 24.6 Å². The Kier molecular flexibility index (Phi) is 2.90. The fraction of sp³-hybridized carbons (Fsp3) is 0.471. The lowest BCUT2D eigenvalue weighted by Gasteiger charge is -2.32. The molecule has 0 unspecified atom stereocenters.